The van der Waals surface area contributed by atoms with Gasteiger partial charge in [-0.3, -0.25) is 0 Å². The van der Waals surface area contributed by atoms with E-state index in [1.165, 1.54) is 12.8 Å². The van der Waals surface area contributed by atoms with Crippen molar-refractivity contribution in [2.75, 3.05) is 0 Å². The normalized spacial score (nSPS) is 36.0. The summed E-state index contributed by atoms with van der Waals surface area (Å²) in [6.07, 6.45) is 2.82. The SMILES string of the molecule is CC(C)C1CCC(C)(C)C(C)(C)C1C. The lowest BCUT2D eigenvalue weighted by Gasteiger charge is -2.54. The maximum absolute atomic E-state index is 2.46. The highest BCUT2D eigenvalue weighted by atomic mass is 14.5. The third-order valence-electron chi connectivity index (χ3n) is 5.48. The Kier molecular flexibility index (Phi) is 3.05. The van der Waals surface area contributed by atoms with Crippen molar-refractivity contribution in [3.8, 4) is 0 Å². The fraction of sp³-hybridized carbons (Fsp3) is 1.00. The van der Waals surface area contributed by atoms with Gasteiger partial charge in [0.2, 0.25) is 0 Å². The number of hydrogen-bond donors (Lipinski definition) is 0. The van der Waals surface area contributed by atoms with Crippen LogP contribution >= 0.6 is 0 Å². The smallest absolute Gasteiger partial charge is 0.0275 e. The molecule has 84 valence electrons. The van der Waals surface area contributed by atoms with Gasteiger partial charge in [0.05, 0.1) is 0 Å². The first kappa shape index (κ1) is 12.1. The Bertz CT molecular complexity index is 198. The highest BCUT2D eigenvalue weighted by molar-refractivity contribution is 4.97. The van der Waals surface area contributed by atoms with Crippen molar-refractivity contribution in [1.29, 1.82) is 0 Å². The molecule has 0 N–H and O–H groups in total. The van der Waals surface area contributed by atoms with Crippen LogP contribution in [0.5, 0.6) is 0 Å². The average Bonchev–Trinajstić information content (AvgIpc) is 2.00. The van der Waals surface area contributed by atoms with Crippen molar-refractivity contribution >= 4 is 0 Å². The van der Waals surface area contributed by atoms with Gasteiger partial charge in [-0.25, -0.2) is 0 Å². The molecule has 2 atom stereocenters. The third kappa shape index (κ3) is 1.73. The lowest BCUT2D eigenvalue weighted by molar-refractivity contribution is -0.0503. The van der Waals surface area contributed by atoms with Crippen molar-refractivity contribution in [2.45, 2.75) is 61.3 Å². The zero-order valence-corrected chi connectivity index (χ0v) is 11.1. The van der Waals surface area contributed by atoms with E-state index in [1.807, 2.05) is 0 Å². The van der Waals surface area contributed by atoms with Crippen molar-refractivity contribution in [1.82, 2.24) is 0 Å². The summed E-state index contributed by atoms with van der Waals surface area (Å²) < 4.78 is 0. The molecule has 0 amide bonds. The molecule has 0 bridgehead atoms. The van der Waals surface area contributed by atoms with Gasteiger partial charge in [0.25, 0.3) is 0 Å². The quantitative estimate of drug-likeness (QED) is 0.568. The van der Waals surface area contributed by atoms with Crippen LogP contribution in [0.4, 0.5) is 0 Å². The van der Waals surface area contributed by atoms with E-state index in [-0.39, 0.29) is 0 Å². The monoisotopic (exact) mass is 196 g/mol. The molecule has 1 rings (SSSR count). The lowest BCUT2D eigenvalue weighted by Crippen LogP contribution is -2.46. The summed E-state index contributed by atoms with van der Waals surface area (Å²) in [7, 11) is 0. The molecule has 0 saturated heterocycles. The van der Waals surface area contributed by atoms with Gasteiger partial charge in [0.15, 0.2) is 0 Å². The Morgan fingerprint density at radius 2 is 1.57 bits per heavy atom. The summed E-state index contributed by atoms with van der Waals surface area (Å²) >= 11 is 0. The Balaban J connectivity index is 2.89. The minimum absolute atomic E-state index is 0.486. The molecule has 0 aromatic rings. The van der Waals surface area contributed by atoms with Gasteiger partial charge < -0.3 is 0 Å². The van der Waals surface area contributed by atoms with Crippen molar-refractivity contribution in [2.24, 2.45) is 28.6 Å². The first-order valence-electron chi connectivity index (χ1n) is 6.20. The van der Waals surface area contributed by atoms with E-state index in [9.17, 15) is 0 Å². The van der Waals surface area contributed by atoms with Gasteiger partial charge in [-0.2, -0.15) is 0 Å². The molecule has 0 aliphatic heterocycles. The predicted octanol–water partition coefficient (Wildman–Crippen LogP) is 4.74. The van der Waals surface area contributed by atoms with Crippen LogP contribution in [0, 0.1) is 28.6 Å². The molecule has 1 aliphatic carbocycles. The predicted molar refractivity (Wildman–Crippen MR) is 64.3 cm³/mol. The summed E-state index contributed by atoms with van der Waals surface area (Å²) in [5, 5.41) is 0. The molecule has 1 fully saturated rings. The zero-order chi connectivity index (χ0) is 11.1. The second kappa shape index (κ2) is 3.54. The molecule has 0 heteroatoms. The van der Waals surface area contributed by atoms with E-state index in [0.29, 0.717) is 10.8 Å². The zero-order valence-electron chi connectivity index (χ0n) is 11.1. The fourth-order valence-corrected chi connectivity index (χ4v) is 3.16. The van der Waals surface area contributed by atoms with Crippen LogP contribution < -0.4 is 0 Å². The van der Waals surface area contributed by atoms with E-state index >= 15 is 0 Å². The maximum Gasteiger partial charge on any atom is -0.0275 e. The maximum atomic E-state index is 2.46. The van der Waals surface area contributed by atoms with Gasteiger partial charge in [-0.05, 0) is 41.4 Å². The molecular weight excluding hydrogens is 168 g/mol. The minimum Gasteiger partial charge on any atom is -0.0625 e. The number of rotatable bonds is 1. The second-order valence-electron chi connectivity index (χ2n) is 6.84. The van der Waals surface area contributed by atoms with Crippen molar-refractivity contribution in [3.63, 3.8) is 0 Å². The van der Waals surface area contributed by atoms with Gasteiger partial charge in [-0.1, -0.05) is 48.5 Å². The standard InChI is InChI=1S/C14H28/c1-10(2)12-8-9-13(4,5)14(6,7)11(12)3/h10-12H,8-9H2,1-7H3. The lowest BCUT2D eigenvalue weighted by atomic mass is 9.51. The highest BCUT2D eigenvalue weighted by Crippen LogP contribution is 2.56. The fourth-order valence-electron chi connectivity index (χ4n) is 3.16. The van der Waals surface area contributed by atoms with Gasteiger partial charge in [-0.15, -0.1) is 0 Å². The molecule has 0 nitrogen and oxygen atoms in total. The van der Waals surface area contributed by atoms with Crippen molar-refractivity contribution < 1.29 is 0 Å². The molecule has 0 spiro atoms. The molecule has 0 radical (unpaired) electrons. The molecule has 14 heavy (non-hydrogen) atoms. The van der Waals surface area contributed by atoms with E-state index in [1.54, 1.807) is 0 Å². The van der Waals surface area contributed by atoms with Crippen LogP contribution in [0.25, 0.3) is 0 Å². The summed E-state index contributed by atoms with van der Waals surface area (Å²) in [5.41, 5.74) is 0.998. The van der Waals surface area contributed by atoms with Gasteiger partial charge in [0, 0.05) is 0 Å². The van der Waals surface area contributed by atoms with E-state index in [2.05, 4.69) is 48.5 Å². The van der Waals surface area contributed by atoms with Crippen LogP contribution in [0.3, 0.4) is 0 Å². The first-order chi connectivity index (χ1) is 6.20. The van der Waals surface area contributed by atoms with Crippen LogP contribution in [0.15, 0.2) is 0 Å². The van der Waals surface area contributed by atoms with Crippen LogP contribution in [0.1, 0.15) is 61.3 Å². The van der Waals surface area contributed by atoms with Crippen LogP contribution in [0.2, 0.25) is 0 Å². The van der Waals surface area contributed by atoms with Crippen LogP contribution in [-0.4, -0.2) is 0 Å². The van der Waals surface area contributed by atoms with Crippen molar-refractivity contribution in [3.05, 3.63) is 0 Å². The molecule has 0 heterocycles. The summed E-state index contributed by atoms with van der Waals surface area (Å²) in [6.45, 7) is 17.1. The first-order valence-corrected chi connectivity index (χ1v) is 6.20. The Morgan fingerprint density at radius 3 is 2.00 bits per heavy atom. The van der Waals surface area contributed by atoms with E-state index in [0.717, 1.165) is 17.8 Å². The van der Waals surface area contributed by atoms with Gasteiger partial charge >= 0.3 is 0 Å². The Morgan fingerprint density at radius 1 is 1.07 bits per heavy atom. The van der Waals surface area contributed by atoms with E-state index < -0.39 is 0 Å². The highest BCUT2D eigenvalue weighted by Gasteiger charge is 2.47. The summed E-state index contributed by atoms with van der Waals surface area (Å²) in [6, 6.07) is 0. The Hall–Kier alpha value is 0. The average molecular weight is 196 g/mol. The largest absolute Gasteiger partial charge is 0.0625 e. The molecule has 0 aromatic heterocycles. The molecule has 1 saturated carbocycles. The van der Waals surface area contributed by atoms with Gasteiger partial charge in [0.1, 0.15) is 0 Å². The minimum atomic E-state index is 0.486. The molecule has 2 unspecified atom stereocenters. The molecular formula is C14H28. The molecule has 1 aliphatic rings. The third-order valence-corrected chi connectivity index (χ3v) is 5.48. The van der Waals surface area contributed by atoms with Crippen LogP contribution in [-0.2, 0) is 0 Å². The molecule has 0 aromatic carbocycles. The Labute approximate surface area is 90.5 Å². The summed E-state index contributed by atoms with van der Waals surface area (Å²) in [5.74, 6) is 2.63. The number of hydrogen-bond acceptors (Lipinski definition) is 0. The van der Waals surface area contributed by atoms with E-state index in [4.69, 9.17) is 0 Å². The second-order valence-corrected chi connectivity index (χ2v) is 6.84. The summed E-state index contributed by atoms with van der Waals surface area (Å²) in [4.78, 5) is 0. The topological polar surface area (TPSA) is 0 Å².